The summed E-state index contributed by atoms with van der Waals surface area (Å²) < 4.78 is 7.55. The van der Waals surface area contributed by atoms with Gasteiger partial charge in [-0.2, -0.15) is 5.10 Å². The summed E-state index contributed by atoms with van der Waals surface area (Å²) in [4.78, 5) is 12.9. The van der Waals surface area contributed by atoms with E-state index < -0.39 is 0 Å². The number of nitrogen functional groups attached to an aromatic ring is 1. The van der Waals surface area contributed by atoms with Crippen LogP contribution in [-0.4, -0.2) is 15.7 Å². The lowest BCUT2D eigenvalue weighted by molar-refractivity contribution is 0.0957. The van der Waals surface area contributed by atoms with Crippen molar-refractivity contribution in [2.45, 2.75) is 20.5 Å². The summed E-state index contributed by atoms with van der Waals surface area (Å²) in [5.74, 6) is 5.59. The first kappa shape index (κ1) is 13.6. The molecule has 0 aliphatic heterocycles. The van der Waals surface area contributed by atoms with Crippen LogP contribution in [0.3, 0.4) is 0 Å². The number of carbonyl (C=O) groups is 1. The summed E-state index contributed by atoms with van der Waals surface area (Å²) >= 11 is 1.36. The van der Waals surface area contributed by atoms with Gasteiger partial charge in [-0.25, -0.2) is 5.84 Å². The maximum absolute atomic E-state index is 11.3. The number of nitrogens with two attached hydrogens (primary N) is 1. The third kappa shape index (κ3) is 2.77. The molecule has 0 aliphatic carbocycles. The molecule has 0 aliphatic rings. The van der Waals surface area contributed by atoms with Crippen molar-refractivity contribution >= 4 is 17.2 Å². The van der Waals surface area contributed by atoms with Crippen LogP contribution in [-0.2, 0) is 13.7 Å². The second-order valence-electron chi connectivity index (χ2n) is 4.15. The second kappa shape index (κ2) is 5.41. The average Bonchev–Trinajstić information content (AvgIpc) is 2.94. The van der Waals surface area contributed by atoms with E-state index in [0.29, 0.717) is 11.5 Å². The molecule has 2 heterocycles. The van der Waals surface area contributed by atoms with E-state index in [1.54, 1.807) is 10.7 Å². The highest BCUT2D eigenvalue weighted by atomic mass is 32.1. The zero-order valence-electron chi connectivity index (χ0n) is 11.1. The van der Waals surface area contributed by atoms with E-state index in [1.165, 1.54) is 11.3 Å². The van der Waals surface area contributed by atoms with Crippen LogP contribution < -0.4 is 16.0 Å². The van der Waals surface area contributed by atoms with Gasteiger partial charge >= 0.3 is 0 Å². The summed E-state index contributed by atoms with van der Waals surface area (Å²) in [6.45, 7) is 4.27. The van der Waals surface area contributed by atoms with Crippen molar-refractivity contribution in [3.63, 3.8) is 0 Å². The first-order chi connectivity index (χ1) is 9.02. The molecule has 0 fully saturated rings. The van der Waals surface area contributed by atoms with Gasteiger partial charge in [-0.15, -0.1) is 11.3 Å². The van der Waals surface area contributed by atoms with Gasteiger partial charge < -0.3 is 4.74 Å². The Morgan fingerprint density at radius 3 is 2.84 bits per heavy atom. The molecule has 1 amide bonds. The average molecular weight is 280 g/mol. The largest absolute Gasteiger partial charge is 0.484 e. The highest BCUT2D eigenvalue weighted by Crippen LogP contribution is 2.24. The van der Waals surface area contributed by atoms with Gasteiger partial charge in [0.05, 0.1) is 10.6 Å². The van der Waals surface area contributed by atoms with Crippen LogP contribution in [0.15, 0.2) is 12.1 Å². The lowest BCUT2D eigenvalue weighted by Gasteiger charge is -2.04. The van der Waals surface area contributed by atoms with Gasteiger partial charge in [0.15, 0.2) is 5.75 Å². The molecule has 2 rings (SSSR count). The maximum atomic E-state index is 11.3. The maximum Gasteiger partial charge on any atom is 0.275 e. The zero-order valence-corrected chi connectivity index (χ0v) is 11.9. The topological polar surface area (TPSA) is 82.2 Å². The Kier molecular flexibility index (Phi) is 3.87. The fourth-order valence-electron chi connectivity index (χ4n) is 1.76. The molecule has 0 saturated heterocycles. The minimum atomic E-state index is -0.287. The predicted molar refractivity (Wildman–Crippen MR) is 73.0 cm³/mol. The summed E-state index contributed by atoms with van der Waals surface area (Å²) in [7, 11) is 1.88. The van der Waals surface area contributed by atoms with Crippen LogP contribution in [0.5, 0.6) is 5.75 Å². The number of thiophene rings is 1. The van der Waals surface area contributed by atoms with Crippen LogP contribution >= 0.6 is 11.3 Å². The number of hydrogen-bond acceptors (Lipinski definition) is 5. The van der Waals surface area contributed by atoms with Gasteiger partial charge in [-0.3, -0.25) is 14.9 Å². The highest BCUT2D eigenvalue weighted by Gasteiger charge is 2.12. The van der Waals surface area contributed by atoms with Gasteiger partial charge in [0.25, 0.3) is 5.91 Å². The summed E-state index contributed by atoms with van der Waals surface area (Å²) in [5.41, 5.74) is 3.95. The molecule has 0 spiro atoms. The number of aryl methyl sites for hydroxylation is 2. The van der Waals surface area contributed by atoms with Gasteiger partial charge in [0.2, 0.25) is 0 Å². The van der Waals surface area contributed by atoms with E-state index in [2.05, 4.69) is 10.5 Å². The Morgan fingerprint density at radius 2 is 2.26 bits per heavy atom. The smallest absolute Gasteiger partial charge is 0.275 e. The van der Waals surface area contributed by atoms with Gasteiger partial charge in [0, 0.05) is 11.9 Å². The molecule has 0 aromatic carbocycles. The monoisotopic (exact) mass is 280 g/mol. The van der Waals surface area contributed by atoms with Crippen molar-refractivity contribution in [1.82, 2.24) is 15.2 Å². The van der Waals surface area contributed by atoms with E-state index in [0.717, 1.165) is 22.0 Å². The molecule has 19 heavy (non-hydrogen) atoms. The van der Waals surface area contributed by atoms with E-state index >= 15 is 0 Å². The number of carbonyl (C=O) groups excluding carboxylic acids is 1. The van der Waals surface area contributed by atoms with Crippen LogP contribution in [0, 0.1) is 13.8 Å². The van der Waals surface area contributed by atoms with Gasteiger partial charge in [0.1, 0.15) is 12.3 Å². The Hall–Kier alpha value is -1.86. The Bertz CT molecular complexity index is 603. The molecule has 0 unspecified atom stereocenters. The molecule has 2 aromatic heterocycles. The van der Waals surface area contributed by atoms with Crippen LogP contribution in [0.2, 0.25) is 0 Å². The first-order valence-electron chi connectivity index (χ1n) is 5.75. The number of rotatable bonds is 4. The molecule has 0 bridgehead atoms. The number of nitrogens with one attached hydrogen (secondary N) is 1. The van der Waals surface area contributed by atoms with E-state index in [9.17, 15) is 4.79 Å². The number of hydrogen-bond donors (Lipinski definition) is 2. The first-order valence-corrected chi connectivity index (χ1v) is 6.57. The second-order valence-corrected chi connectivity index (χ2v) is 5.32. The van der Waals surface area contributed by atoms with Crippen molar-refractivity contribution < 1.29 is 9.53 Å². The number of ether oxygens (including phenoxy) is 1. The minimum Gasteiger partial charge on any atom is -0.484 e. The van der Waals surface area contributed by atoms with Crippen LogP contribution in [0.1, 0.15) is 25.9 Å². The lowest BCUT2D eigenvalue weighted by atomic mass is 10.3. The third-order valence-corrected chi connectivity index (χ3v) is 3.88. The molecule has 0 radical (unpaired) electrons. The van der Waals surface area contributed by atoms with Crippen LogP contribution in [0.4, 0.5) is 0 Å². The molecule has 102 valence electrons. The Balaban J connectivity index is 2.06. The number of amides is 1. The van der Waals surface area contributed by atoms with Crippen molar-refractivity contribution in [2.24, 2.45) is 12.9 Å². The van der Waals surface area contributed by atoms with Crippen molar-refractivity contribution in [1.29, 1.82) is 0 Å². The van der Waals surface area contributed by atoms with E-state index in [4.69, 9.17) is 10.6 Å². The molecule has 0 saturated carbocycles. The highest BCUT2D eigenvalue weighted by molar-refractivity contribution is 7.14. The zero-order chi connectivity index (χ0) is 14.0. The van der Waals surface area contributed by atoms with Gasteiger partial charge in [-0.05, 0) is 26.0 Å². The standard InChI is InChI=1S/C12H16N4O2S/c1-7-11(8(2)16(3)15-7)18-6-9-4-5-10(19-9)12(17)14-13/h4-5H,6,13H2,1-3H3,(H,14,17). The Labute approximate surface area is 115 Å². The summed E-state index contributed by atoms with van der Waals surface area (Å²) in [6, 6.07) is 3.59. The quantitative estimate of drug-likeness (QED) is 0.502. The van der Waals surface area contributed by atoms with E-state index in [-0.39, 0.29) is 5.91 Å². The van der Waals surface area contributed by atoms with Crippen molar-refractivity contribution in [3.8, 4) is 5.75 Å². The summed E-state index contributed by atoms with van der Waals surface area (Å²) in [6.07, 6.45) is 0. The number of nitrogens with zero attached hydrogens (tertiary/aromatic N) is 2. The van der Waals surface area contributed by atoms with Crippen LogP contribution in [0.25, 0.3) is 0 Å². The number of aromatic nitrogens is 2. The third-order valence-electron chi connectivity index (χ3n) is 2.82. The molecule has 6 nitrogen and oxygen atoms in total. The van der Waals surface area contributed by atoms with Crippen molar-refractivity contribution in [3.05, 3.63) is 33.3 Å². The molecule has 0 atom stereocenters. The molecular formula is C12H16N4O2S. The fraction of sp³-hybridized carbons (Fsp3) is 0.333. The fourth-order valence-corrected chi connectivity index (χ4v) is 2.58. The summed E-state index contributed by atoms with van der Waals surface area (Å²) in [5, 5.41) is 4.28. The molecular weight excluding hydrogens is 264 g/mol. The normalized spacial score (nSPS) is 10.5. The molecule has 3 N–H and O–H groups in total. The van der Waals surface area contributed by atoms with Crippen molar-refractivity contribution in [2.75, 3.05) is 0 Å². The number of hydrazine groups is 1. The predicted octanol–water partition coefficient (Wildman–Crippen LogP) is 1.28. The minimum absolute atomic E-state index is 0.287. The Morgan fingerprint density at radius 1 is 1.53 bits per heavy atom. The molecule has 2 aromatic rings. The van der Waals surface area contributed by atoms with Gasteiger partial charge in [-0.1, -0.05) is 0 Å². The lowest BCUT2D eigenvalue weighted by Crippen LogP contribution is -2.29. The molecule has 7 heteroatoms. The van der Waals surface area contributed by atoms with E-state index in [1.807, 2.05) is 27.0 Å². The SMILES string of the molecule is Cc1nn(C)c(C)c1OCc1ccc(C(=O)NN)s1.